The summed E-state index contributed by atoms with van der Waals surface area (Å²) in [6.45, 7) is 5.19. The average molecular weight is 140 g/mol. The molecule has 0 radical (unpaired) electrons. The zero-order chi connectivity index (χ0) is 7.98. The van der Waals surface area contributed by atoms with E-state index in [9.17, 15) is 0 Å². The van der Waals surface area contributed by atoms with Gasteiger partial charge in [0.25, 0.3) is 0 Å². The minimum atomic E-state index is -1.39. The summed E-state index contributed by atoms with van der Waals surface area (Å²) in [5.74, 6) is 0. The Morgan fingerprint density at radius 3 is 2.40 bits per heavy atom. The maximum Gasteiger partial charge on any atom is 0.178 e. The van der Waals surface area contributed by atoms with Crippen LogP contribution in [0, 0.1) is 0 Å². The van der Waals surface area contributed by atoms with Crippen LogP contribution in [0.5, 0.6) is 0 Å². The van der Waals surface area contributed by atoms with Gasteiger partial charge in [-0.05, 0) is 6.92 Å². The number of aliphatic hydroxyl groups is 2. The Balaban J connectivity index is 4.10. The summed E-state index contributed by atoms with van der Waals surface area (Å²) in [6.07, 6.45) is 5.06. The summed E-state index contributed by atoms with van der Waals surface area (Å²) in [5, 5.41) is 17.3. The molecular formula is C8H12O2. The molecule has 10 heavy (non-hydrogen) atoms. The number of hydrogen-bond acceptors (Lipinski definition) is 2. The highest BCUT2D eigenvalue weighted by Gasteiger charge is 1.98. The molecule has 0 fully saturated rings. The molecule has 0 amide bonds. The van der Waals surface area contributed by atoms with E-state index in [1.165, 1.54) is 0 Å². The Hall–Kier alpha value is -0.860. The highest BCUT2D eigenvalue weighted by Crippen LogP contribution is 2.00. The molecule has 0 saturated carbocycles. The number of rotatable bonds is 3. The van der Waals surface area contributed by atoms with E-state index < -0.39 is 6.29 Å². The molecule has 0 aromatic heterocycles. The molecule has 2 N–H and O–H groups in total. The first-order valence-corrected chi connectivity index (χ1v) is 3.03. The molecule has 0 rings (SSSR count). The molecule has 56 valence electrons. The van der Waals surface area contributed by atoms with Gasteiger partial charge in [0.2, 0.25) is 0 Å². The maximum absolute atomic E-state index is 8.64. The van der Waals surface area contributed by atoms with Crippen molar-refractivity contribution in [2.75, 3.05) is 0 Å². The first-order valence-electron chi connectivity index (χ1n) is 3.03. The Kier molecular flexibility index (Phi) is 4.54. The van der Waals surface area contributed by atoms with Gasteiger partial charge in [0.1, 0.15) is 0 Å². The van der Waals surface area contributed by atoms with E-state index in [0.717, 1.165) is 0 Å². The second-order valence-corrected chi connectivity index (χ2v) is 1.76. The van der Waals surface area contributed by atoms with Crippen LogP contribution < -0.4 is 0 Å². The van der Waals surface area contributed by atoms with E-state index in [-0.39, 0.29) is 0 Å². The van der Waals surface area contributed by atoms with Crippen LogP contribution in [0.4, 0.5) is 0 Å². The van der Waals surface area contributed by atoms with Crippen LogP contribution in [-0.2, 0) is 0 Å². The van der Waals surface area contributed by atoms with E-state index in [1.54, 1.807) is 31.2 Å². The van der Waals surface area contributed by atoms with Crippen molar-refractivity contribution in [1.82, 2.24) is 0 Å². The Bertz CT molecular complexity index is 155. The average Bonchev–Trinajstić information content (AvgIpc) is 1.89. The quantitative estimate of drug-likeness (QED) is 0.453. The van der Waals surface area contributed by atoms with Gasteiger partial charge < -0.3 is 10.2 Å². The molecule has 0 aliphatic heterocycles. The molecule has 0 aliphatic carbocycles. The third-order valence-corrected chi connectivity index (χ3v) is 1.06. The van der Waals surface area contributed by atoms with Crippen molar-refractivity contribution in [2.24, 2.45) is 0 Å². The second-order valence-electron chi connectivity index (χ2n) is 1.76. The second kappa shape index (κ2) is 4.97. The minimum absolute atomic E-state index is 0.472. The van der Waals surface area contributed by atoms with Crippen molar-refractivity contribution in [2.45, 2.75) is 13.2 Å². The Labute approximate surface area is 60.8 Å². The van der Waals surface area contributed by atoms with Gasteiger partial charge in [-0.3, -0.25) is 0 Å². The first-order chi connectivity index (χ1) is 4.72. The van der Waals surface area contributed by atoms with E-state index >= 15 is 0 Å². The summed E-state index contributed by atoms with van der Waals surface area (Å²) >= 11 is 0. The molecule has 0 spiro atoms. The predicted octanol–water partition coefficient (Wildman–Crippen LogP) is 0.986. The number of aliphatic hydroxyl groups excluding tert-OH is 1. The van der Waals surface area contributed by atoms with E-state index in [4.69, 9.17) is 10.2 Å². The lowest BCUT2D eigenvalue weighted by atomic mass is 10.2. The smallest absolute Gasteiger partial charge is 0.178 e. The SMILES string of the molecule is C=C/C=C\C(=C/C)C(O)O. The first kappa shape index (κ1) is 9.14. The van der Waals surface area contributed by atoms with Crippen molar-refractivity contribution in [3.05, 3.63) is 36.5 Å². The van der Waals surface area contributed by atoms with Gasteiger partial charge in [0.15, 0.2) is 6.29 Å². The zero-order valence-electron chi connectivity index (χ0n) is 5.99. The van der Waals surface area contributed by atoms with Crippen LogP contribution >= 0.6 is 0 Å². The van der Waals surface area contributed by atoms with Crippen LogP contribution in [0.3, 0.4) is 0 Å². The molecule has 0 aromatic carbocycles. The minimum Gasteiger partial charge on any atom is -0.364 e. The lowest BCUT2D eigenvalue weighted by molar-refractivity contribution is -0.00493. The van der Waals surface area contributed by atoms with Crippen LogP contribution in [-0.4, -0.2) is 16.5 Å². The lowest BCUT2D eigenvalue weighted by Gasteiger charge is -2.01. The fraction of sp³-hybridized carbons (Fsp3) is 0.250. The van der Waals surface area contributed by atoms with Gasteiger partial charge in [-0.2, -0.15) is 0 Å². The number of hydrogen-bond donors (Lipinski definition) is 2. The molecule has 0 bridgehead atoms. The maximum atomic E-state index is 8.64. The summed E-state index contributed by atoms with van der Waals surface area (Å²) in [4.78, 5) is 0. The molecule has 0 heterocycles. The van der Waals surface area contributed by atoms with Crippen LogP contribution in [0.2, 0.25) is 0 Å². The third kappa shape index (κ3) is 3.22. The molecule has 0 saturated heterocycles. The third-order valence-electron chi connectivity index (χ3n) is 1.06. The fourth-order valence-corrected chi connectivity index (χ4v) is 0.511. The van der Waals surface area contributed by atoms with Crippen molar-refractivity contribution in [3.8, 4) is 0 Å². The van der Waals surface area contributed by atoms with Crippen molar-refractivity contribution < 1.29 is 10.2 Å². The van der Waals surface area contributed by atoms with Crippen molar-refractivity contribution in [1.29, 1.82) is 0 Å². The van der Waals surface area contributed by atoms with E-state index in [1.807, 2.05) is 0 Å². The number of allylic oxidation sites excluding steroid dienone is 3. The van der Waals surface area contributed by atoms with Crippen molar-refractivity contribution >= 4 is 0 Å². The van der Waals surface area contributed by atoms with Gasteiger partial charge in [-0.25, -0.2) is 0 Å². The predicted molar refractivity (Wildman–Crippen MR) is 41.3 cm³/mol. The van der Waals surface area contributed by atoms with Gasteiger partial charge in [-0.1, -0.05) is 30.9 Å². The lowest BCUT2D eigenvalue weighted by Crippen LogP contribution is -2.05. The largest absolute Gasteiger partial charge is 0.364 e. The van der Waals surface area contributed by atoms with Crippen LogP contribution in [0.15, 0.2) is 36.5 Å². The van der Waals surface area contributed by atoms with E-state index in [2.05, 4.69) is 6.58 Å². The van der Waals surface area contributed by atoms with Gasteiger partial charge in [0.05, 0.1) is 0 Å². The highest BCUT2D eigenvalue weighted by molar-refractivity contribution is 5.22. The summed E-state index contributed by atoms with van der Waals surface area (Å²) in [6, 6.07) is 0. The van der Waals surface area contributed by atoms with Crippen molar-refractivity contribution in [3.63, 3.8) is 0 Å². The standard InChI is InChI=1S/C8H12O2/c1-3-5-6-7(4-2)8(9)10/h3-6,8-10H,1H2,2H3/b6-5-,7-4+. The summed E-state index contributed by atoms with van der Waals surface area (Å²) in [5.41, 5.74) is 0.472. The summed E-state index contributed by atoms with van der Waals surface area (Å²) in [7, 11) is 0. The monoisotopic (exact) mass is 140 g/mol. The normalized spacial score (nSPS) is 13.0. The molecule has 0 unspecified atom stereocenters. The summed E-state index contributed by atoms with van der Waals surface area (Å²) < 4.78 is 0. The van der Waals surface area contributed by atoms with Gasteiger partial charge >= 0.3 is 0 Å². The van der Waals surface area contributed by atoms with Crippen LogP contribution in [0.25, 0.3) is 0 Å². The fourth-order valence-electron chi connectivity index (χ4n) is 0.511. The Morgan fingerprint density at radius 1 is 1.50 bits per heavy atom. The molecule has 2 heteroatoms. The van der Waals surface area contributed by atoms with Gasteiger partial charge in [-0.15, -0.1) is 0 Å². The molecular weight excluding hydrogens is 128 g/mol. The molecule has 2 nitrogen and oxygen atoms in total. The van der Waals surface area contributed by atoms with E-state index in [0.29, 0.717) is 5.57 Å². The topological polar surface area (TPSA) is 40.5 Å². The molecule has 0 atom stereocenters. The zero-order valence-corrected chi connectivity index (χ0v) is 5.99. The van der Waals surface area contributed by atoms with Crippen LogP contribution in [0.1, 0.15) is 6.92 Å². The van der Waals surface area contributed by atoms with Gasteiger partial charge in [0, 0.05) is 5.57 Å². The molecule has 0 aliphatic rings. The molecule has 0 aromatic rings. The highest BCUT2D eigenvalue weighted by atomic mass is 16.5. The Morgan fingerprint density at radius 2 is 2.10 bits per heavy atom.